The van der Waals surface area contributed by atoms with E-state index in [4.69, 9.17) is 4.74 Å². The number of unbranched alkanes of at least 4 members (excludes halogenated alkanes) is 1. The van der Waals surface area contributed by atoms with E-state index in [1.54, 1.807) is 0 Å². The average molecular weight is 610 g/mol. The third kappa shape index (κ3) is 7.58. The molecule has 0 aromatic heterocycles. The molecule has 3 rings (SSSR count). The Bertz CT molecular complexity index is 1040. The number of fused-ring (bicyclic) bond motifs is 1. The number of hydrogen-bond donors (Lipinski definition) is 1. The lowest BCUT2D eigenvalue weighted by Crippen LogP contribution is -2.29. The number of benzene rings is 2. The standard InChI is InChI=1S/C20H30O2.C10H12Br2O/c1-7-8-9-17(21)14-12-15(19(2,3)4)18-16(13-14)20(5,6)10-11-22-18;1-10(2,3)7-4-6(11)5-8(12)9(7)13/h12-13H,7-11H2,1-6H3;4-5,13H,1-3H3. The van der Waals surface area contributed by atoms with Gasteiger partial charge in [0.05, 0.1) is 11.1 Å². The predicted molar refractivity (Wildman–Crippen MR) is 154 cm³/mol. The molecule has 0 spiro atoms. The van der Waals surface area contributed by atoms with Gasteiger partial charge in [0.2, 0.25) is 0 Å². The van der Waals surface area contributed by atoms with E-state index in [1.165, 1.54) is 5.56 Å². The third-order valence-corrected chi connectivity index (χ3v) is 7.58. The van der Waals surface area contributed by atoms with Gasteiger partial charge in [0, 0.05) is 33.1 Å². The lowest BCUT2D eigenvalue weighted by molar-refractivity contribution is 0.0979. The highest BCUT2D eigenvalue weighted by molar-refractivity contribution is 9.11. The van der Waals surface area contributed by atoms with Gasteiger partial charge in [-0.05, 0) is 69.3 Å². The van der Waals surface area contributed by atoms with Crippen molar-refractivity contribution in [2.24, 2.45) is 0 Å². The highest BCUT2D eigenvalue weighted by atomic mass is 79.9. The van der Waals surface area contributed by atoms with Gasteiger partial charge < -0.3 is 9.84 Å². The van der Waals surface area contributed by atoms with Crippen LogP contribution >= 0.6 is 31.9 Å². The number of carbonyl (C=O) groups excluding carboxylic acids is 1. The summed E-state index contributed by atoms with van der Waals surface area (Å²) in [5.41, 5.74) is 4.15. The zero-order valence-electron chi connectivity index (χ0n) is 22.9. The molecule has 35 heavy (non-hydrogen) atoms. The summed E-state index contributed by atoms with van der Waals surface area (Å²) in [5, 5.41) is 9.79. The Morgan fingerprint density at radius 2 is 1.60 bits per heavy atom. The van der Waals surface area contributed by atoms with Gasteiger partial charge in [0.25, 0.3) is 0 Å². The van der Waals surface area contributed by atoms with E-state index >= 15 is 0 Å². The maximum atomic E-state index is 12.5. The second-order valence-corrected chi connectivity index (χ2v) is 14.0. The molecule has 1 aliphatic heterocycles. The number of rotatable bonds is 4. The van der Waals surface area contributed by atoms with Crippen LogP contribution in [0.2, 0.25) is 0 Å². The average Bonchev–Trinajstić information content (AvgIpc) is 2.72. The van der Waals surface area contributed by atoms with Crippen molar-refractivity contribution < 1.29 is 14.6 Å². The Labute approximate surface area is 229 Å². The lowest BCUT2D eigenvalue weighted by Gasteiger charge is -2.36. The summed E-state index contributed by atoms with van der Waals surface area (Å²) in [5.74, 6) is 1.60. The van der Waals surface area contributed by atoms with Crippen LogP contribution in [-0.4, -0.2) is 17.5 Å². The first kappa shape index (κ1) is 29.9. The Morgan fingerprint density at radius 3 is 2.14 bits per heavy atom. The fraction of sp³-hybridized carbons (Fsp3) is 0.567. The highest BCUT2D eigenvalue weighted by Crippen LogP contribution is 2.45. The summed E-state index contributed by atoms with van der Waals surface area (Å²) in [7, 11) is 0. The molecule has 194 valence electrons. The minimum Gasteiger partial charge on any atom is -0.506 e. The molecule has 2 aromatic carbocycles. The SMILES string of the molecule is CC(C)(C)c1cc(Br)cc(Br)c1O.CCCCC(=O)c1cc(C(C)(C)C)c2c(c1)C(C)(C)CCO2. The van der Waals surface area contributed by atoms with E-state index in [-0.39, 0.29) is 22.0 Å². The van der Waals surface area contributed by atoms with Crippen molar-refractivity contribution in [3.05, 3.63) is 55.5 Å². The van der Waals surface area contributed by atoms with Gasteiger partial charge in [-0.2, -0.15) is 0 Å². The zero-order valence-corrected chi connectivity index (χ0v) is 26.0. The Morgan fingerprint density at radius 1 is 1.00 bits per heavy atom. The van der Waals surface area contributed by atoms with Crippen molar-refractivity contribution in [1.82, 2.24) is 0 Å². The molecule has 0 unspecified atom stereocenters. The van der Waals surface area contributed by atoms with Crippen molar-refractivity contribution in [1.29, 1.82) is 0 Å². The van der Waals surface area contributed by atoms with Crippen LogP contribution in [0.3, 0.4) is 0 Å². The van der Waals surface area contributed by atoms with Crippen LogP contribution in [0.25, 0.3) is 0 Å². The number of carbonyl (C=O) groups is 1. The first-order chi connectivity index (χ1) is 16.0. The van der Waals surface area contributed by atoms with Crippen LogP contribution in [0.15, 0.2) is 33.2 Å². The number of halogens is 2. The lowest BCUT2D eigenvalue weighted by atomic mass is 9.74. The van der Waals surface area contributed by atoms with Crippen LogP contribution in [0.5, 0.6) is 11.5 Å². The summed E-state index contributed by atoms with van der Waals surface area (Å²) < 4.78 is 7.72. The van der Waals surface area contributed by atoms with Gasteiger partial charge in [-0.3, -0.25) is 4.79 Å². The molecule has 0 saturated heterocycles. The molecule has 1 N–H and O–H groups in total. The fourth-order valence-corrected chi connectivity index (χ4v) is 5.39. The molecule has 1 heterocycles. The van der Waals surface area contributed by atoms with Gasteiger partial charge in [0.1, 0.15) is 11.5 Å². The fourth-order valence-electron chi connectivity index (χ4n) is 4.17. The summed E-state index contributed by atoms with van der Waals surface area (Å²) in [6, 6.07) is 7.94. The minimum absolute atomic E-state index is 0.0292. The van der Waals surface area contributed by atoms with Crippen LogP contribution < -0.4 is 4.74 Å². The molecule has 0 saturated carbocycles. The Balaban J connectivity index is 0.000000283. The number of ether oxygens (including phenoxy) is 1. The largest absolute Gasteiger partial charge is 0.506 e. The molecule has 0 amide bonds. The number of phenolic OH excluding ortho intramolecular Hbond substituents is 1. The second-order valence-electron chi connectivity index (χ2n) is 12.2. The number of aromatic hydroxyl groups is 1. The normalized spacial score (nSPS) is 14.9. The summed E-state index contributed by atoms with van der Waals surface area (Å²) in [6.07, 6.45) is 3.65. The van der Waals surface area contributed by atoms with Gasteiger partial charge in [0.15, 0.2) is 5.78 Å². The van der Waals surface area contributed by atoms with E-state index in [0.717, 1.165) is 57.3 Å². The van der Waals surface area contributed by atoms with Crippen molar-refractivity contribution in [2.75, 3.05) is 6.61 Å². The number of phenols is 1. The first-order valence-electron chi connectivity index (χ1n) is 12.5. The number of ketones is 1. The zero-order chi connectivity index (χ0) is 26.8. The monoisotopic (exact) mass is 608 g/mol. The van der Waals surface area contributed by atoms with E-state index in [9.17, 15) is 9.90 Å². The third-order valence-electron chi connectivity index (χ3n) is 6.52. The van der Waals surface area contributed by atoms with Gasteiger partial charge >= 0.3 is 0 Å². The summed E-state index contributed by atoms with van der Waals surface area (Å²) in [4.78, 5) is 12.5. The highest BCUT2D eigenvalue weighted by Gasteiger charge is 2.34. The van der Waals surface area contributed by atoms with Crippen LogP contribution in [0, 0.1) is 0 Å². The van der Waals surface area contributed by atoms with Gasteiger partial charge in [-0.25, -0.2) is 0 Å². The molecule has 3 nitrogen and oxygen atoms in total. The van der Waals surface area contributed by atoms with Crippen molar-refractivity contribution in [3.63, 3.8) is 0 Å². The molecule has 0 fully saturated rings. The van der Waals surface area contributed by atoms with Crippen molar-refractivity contribution in [3.8, 4) is 11.5 Å². The Hall–Kier alpha value is -1.33. The molecule has 0 radical (unpaired) electrons. The maximum absolute atomic E-state index is 12.5. The van der Waals surface area contributed by atoms with Crippen molar-refractivity contribution in [2.45, 2.75) is 104 Å². The molecule has 2 aromatic rings. The molecule has 0 atom stereocenters. The Kier molecular flexibility index (Phi) is 9.72. The van der Waals surface area contributed by atoms with Crippen LogP contribution in [0.4, 0.5) is 0 Å². The molecule has 0 bridgehead atoms. The van der Waals surface area contributed by atoms with E-state index in [2.05, 4.69) is 106 Å². The van der Waals surface area contributed by atoms with Crippen LogP contribution in [-0.2, 0) is 16.2 Å². The van der Waals surface area contributed by atoms with Crippen LogP contribution in [0.1, 0.15) is 115 Å². The van der Waals surface area contributed by atoms with Gasteiger partial charge in [-0.15, -0.1) is 0 Å². The summed E-state index contributed by atoms with van der Waals surface area (Å²) in [6.45, 7) is 20.2. The molecule has 5 heteroatoms. The molecule has 1 aliphatic rings. The van der Waals surface area contributed by atoms with E-state index in [1.807, 2.05) is 12.1 Å². The smallest absolute Gasteiger partial charge is 0.162 e. The van der Waals surface area contributed by atoms with Crippen molar-refractivity contribution >= 4 is 37.6 Å². The topological polar surface area (TPSA) is 46.5 Å². The quantitative estimate of drug-likeness (QED) is 0.351. The second kappa shape index (κ2) is 11.4. The first-order valence-corrected chi connectivity index (χ1v) is 14.1. The van der Waals surface area contributed by atoms with E-state index in [0.29, 0.717) is 12.2 Å². The maximum Gasteiger partial charge on any atom is 0.162 e. The minimum atomic E-state index is -0.0453. The molecular formula is C30H42Br2O3. The molecule has 0 aliphatic carbocycles. The van der Waals surface area contributed by atoms with Gasteiger partial charge in [-0.1, -0.05) is 84.7 Å². The van der Waals surface area contributed by atoms with E-state index < -0.39 is 0 Å². The molecular weight excluding hydrogens is 568 g/mol. The summed E-state index contributed by atoms with van der Waals surface area (Å²) >= 11 is 6.71. The number of hydrogen-bond acceptors (Lipinski definition) is 3. The predicted octanol–water partition coefficient (Wildman–Crippen LogP) is 9.63. The number of Topliss-reactive ketones (excluding diaryl/α,β-unsaturated/α-hetero) is 1.